The first-order valence-electron chi connectivity index (χ1n) is 7.78. The van der Waals surface area contributed by atoms with Gasteiger partial charge in [-0.2, -0.15) is 0 Å². The minimum atomic E-state index is -0.165. The molecule has 1 aromatic heterocycles. The molecule has 1 amide bonds. The maximum atomic E-state index is 12.2. The second-order valence-corrected chi connectivity index (χ2v) is 5.69. The number of anilines is 3. The van der Waals surface area contributed by atoms with Crippen LogP contribution in [0.3, 0.4) is 0 Å². The lowest BCUT2D eigenvalue weighted by molar-refractivity contribution is 0.102. The van der Waals surface area contributed by atoms with Crippen LogP contribution in [0.2, 0.25) is 0 Å². The van der Waals surface area contributed by atoms with E-state index in [0.717, 1.165) is 22.5 Å². The van der Waals surface area contributed by atoms with Crippen molar-refractivity contribution in [1.82, 2.24) is 4.98 Å². The summed E-state index contributed by atoms with van der Waals surface area (Å²) < 4.78 is 0. The number of rotatable bonds is 4. The second kappa shape index (κ2) is 6.96. The van der Waals surface area contributed by atoms with E-state index < -0.39 is 0 Å². The maximum Gasteiger partial charge on any atom is 0.256 e. The molecule has 0 radical (unpaired) electrons. The smallest absolute Gasteiger partial charge is 0.256 e. The average Bonchev–Trinajstić information content (AvgIpc) is 2.59. The molecular formula is C20H19N3O. The largest absolute Gasteiger partial charge is 0.354 e. The molecule has 0 spiro atoms. The van der Waals surface area contributed by atoms with Gasteiger partial charge in [0.25, 0.3) is 5.91 Å². The maximum absolute atomic E-state index is 12.2. The normalized spacial score (nSPS) is 10.2. The lowest BCUT2D eigenvalue weighted by Gasteiger charge is -2.10. The molecule has 0 saturated heterocycles. The molecule has 3 aromatic rings. The van der Waals surface area contributed by atoms with Crippen molar-refractivity contribution in [3.8, 4) is 0 Å². The van der Waals surface area contributed by atoms with E-state index in [2.05, 4.69) is 15.6 Å². The van der Waals surface area contributed by atoms with Gasteiger partial charge in [0.1, 0.15) is 5.82 Å². The van der Waals surface area contributed by atoms with Gasteiger partial charge in [-0.25, -0.2) is 4.98 Å². The summed E-state index contributed by atoms with van der Waals surface area (Å²) in [6.07, 6.45) is 1.71. The number of hydrogen-bond acceptors (Lipinski definition) is 3. The number of amides is 1. The van der Waals surface area contributed by atoms with Gasteiger partial charge in [0.2, 0.25) is 0 Å². The molecule has 2 N–H and O–H groups in total. The summed E-state index contributed by atoms with van der Waals surface area (Å²) in [5, 5.41) is 6.12. The molecule has 1 heterocycles. The van der Waals surface area contributed by atoms with E-state index in [1.54, 1.807) is 24.4 Å². The molecule has 0 unspecified atom stereocenters. The Morgan fingerprint density at radius 1 is 0.917 bits per heavy atom. The summed E-state index contributed by atoms with van der Waals surface area (Å²) >= 11 is 0. The van der Waals surface area contributed by atoms with Crippen LogP contribution in [0.25, 0.3) is 0 Å². The minimum Gasteiger partial charge on any atom is -0.354 e. The van der Waals surface area contributed by atoms with Crippen LogP contribution in [0.5, 0.6) is 0 Å². The number of carbonyl (C=O) groups excluding carboxylic acids is 1. The number of nitrogens with one attached hydrogen (secondary N) is 2. The Labute approximate surface area is 141 Å². The van der Waals surface area contributed by atoms with Crippen molar-refractivity contribution in [2.24, 2.45) is 0 Å². The third-order valence-electron chi connectivity index (χ3n) is 3.74. The zero-order valence-electron chi connectivity index (χ0n) is 13.7. The van der Waals surface area contributed by atoms with Crippen LogP contribution in [-0.4, -0.2) is 10.9 Å². The highest BCUT2D eigenvalue weighted by Crippen LogP contribution is 2.20. The highest BCUT2D eigenvalue weighted by Gasteiger charge is 2.06. The molecule has 0 saturated carbocycles. The topological polar surface area (TPSA) is 54.0 Å². The molecule has 0 aliphatic rings. The molecular weight excluding hydrogens is 298 g/mol. The first-order chi connectivity index (χ1) is 11.6. The van der Waals surface area contributed by atoms with Gasteiger partial charge in [0.05, 0.1) is 11.9 Å². The number of aromatic nitrogens is 1. The fraction of sp³-hybridized carbons (Fsp3) is 0.100. The zero-order chi connectivity index (χ0) is 16.9. The van der Waals surface area contributed by atoms with E-state index in [1.165, 1.54) is 0 Å². The lowest BCUT2D eigenvalue weighted by atomic mass is 10.1. The molecule has 0 aliphatic carbocycles. The van der Waals surface area contributed by atoms with Gasteiger partial charge in [0.15, 0.2) is 0 Å². The van der Waals surface area contributed by atoms with E-state index in [0.29, 0.717) is 11.4 Å². The van der Waals surface area contributed by atoms with Gasteiger partial charge in [0, 0.05) is 11.3 Å². The summed E-state index contributed by atoms with van der Waals surface area (Å²) in [6.45, 7) is 4.04. The number of pyridine rings is 1. The van der Waals surface area contributed by atoms with Crippen molar-refractivity contribution in [3.05, 3.63) is 83.6 Å². The number of hydrogen-bond donors (Lipinski definition) is 2. The van der Waals surface area contributed by atoms with Crippen LogP contribution in [0.1, 0.15) is 21.5 Å². The standard InChI is InChI=1S/C20H19N3O/c1-14-7-9-16(10-8-14)20(24)23-19-12-11-17(13-21-19)22-18-6-4-3-5-15(18)2/h3-13,22H,1-2H3,(H,21,23,24). The third-order valence-corrected chi connectivity index (χ3v) is 3.74. The Balaban J connectivity index is 1.67. The predicted octanol–water partition coefficient (Wildman–Crippen LogP) is 4.69. The SMILES string of the molecule is Cc1ccc(C(=O)Nc2ccc(Nc3ccccc3C)cn2)cc1. The van der Waals surface area contributed by atoms with Gasteiger partial charge >= 0.3 is 0 Å². The molecule has 4 heteroatoms. The first kappa shape index (κ1) is 15.7. The van der Waals surface area contributed by atoms with Crippen molar-refractivity contribution in [2.75, 3.05) is 10.6 Å². The number of carbonyl (C=O) groups is 1. The Bertz CT molecular complexity index is 840. The van der Waals surface area contributed by atoms with Gasteiger partial charge in [-0.1, -0.05) is 35.9 Å². The van der Waals surface area contributed by atoms with Crippen molar-refractivity contribution in [2.45, 2.75) is 13.8 Å². The van der Waals surface area contributed by atoms with E-state index in [9.17, 15) is 4.79 Å². The average molecular weight is 317 g/mol. The number of para-hydroxylation sites is 1. The summed E-state index contributed by atoms with van der Waals surface area (Å²) in [4.78, 5) is 16.5. The van der Waals surface area contributed by atoms with Crippen LogP contribution >= 0.6 is 0 Å². The number of nitrogens with zero attached hydrogens (tertiary/aromatic N) is 1. The number of benzene rings is 2. The molecule has 2 aromatic carbocycles. The summed E-state index contributed by atoms with van der Waals surface area (Å²) in [5.41, 5.74) is 4.81. The Kier molecular flexibility index (Phi) is 4.57. The van der Waals surface area contributed by atoms with Gasteiger partial charge in [-0.3, -0.25) is 4.79 Å². The molecule has 0 bridgehead atoms. The lowest BCUT2D eigenvalue weighted by Crippen LogP contribution is -2.12. The predicted molar refractivity (Wildman–Crippen MR) is 97.8 cm³/mol. The third kappa shape index (κ3) is 3.79. The molecule has 0 fully saturated rings. The van der Waals surface area contributed by atoms with Gasteiger partial charge < -0.3 is 10.6 Å². The monoisotopic (exact) mass is 317 g/mol. The first-order valence-corrected chi connectivity index (χ1v) is 7.78. The summed E-state index contributed by atoms with van der Waals surface area (Å²) in [5.74, 6) is 0.359. The van der Waals surface area contributed by atoms with Crippen molar-refractivity contribution in [1.29, 1.82) is 0 Å². The molecule has 4 nitrogen and oxygen atoms in total. The molecule has 0 aliphatic heterocycles. The van der Waals surface area contributed by atoms with Gasteiger partial charge in [-0.15, -0.1) is 0 Å². The van der Waals surface area contributed by atoms with Crippen molar-refractivity contribution < 1.29 is 4.79 Å². The van der Waals surface area contributed by atoms with Crippen LogP contribution in [-0.2, 0) is 0 Å². The highest BCUT2D eigenvalue weighted by molar-refractivity contribution is 6.03. The molecule has 0 atom stereocenters. The van der Waals surface area contributed by atoms with E-state index in [1.807, 2.05) is 56.3 Å². The Morgan fingerprint density at radius 3 is 2.33 bits per heavy atom. The van der Waals surface area contributed by atoms with E-state index in [-0.39, 0.29) is 5.91 Å². The van der Waals surface area contributed by atoms with Crippen molar-refractivity contribution in [3.63, 3.8) is 0 Å². The van der Waals surface area contributed by atoms with Crippen LogP contribution in [0.15, 0.2) is 66.9 Å². The molecule has 24 heavy (non-hydrogen) atoms. The fourth-order valence-corrected chi connectivity index (χ4v) is 2.30. The molecule has 3 rings (SSSR count). The highest BCUT2D eigenvalue weighted by atomic mass is 16.1. The van der Waals surface area contributed by atoms with Crippen LogP contribution in [0, 0.1) is 13.8 Å². The Hall–Kier alpha value is -3.14. The summed E-state index contributed by atoms with van der Waals surface area (Å²) in [7, 11) is 0. The van der Waals surface area contributed by atoms with E-state index >= 15 is 0 Å². The second-order valence-electron chi connectivity index (χ2n) is 5.69. The van der Waals surface area contributed by atoms with Crippen LogP contribution in [0.4, 0.5) is 17.2 Å². The van der Waals surface area contributed by atoms with Gasteiger partial charge in [-0.05, 0) is 49.7 Å². The van der Waals surface area contributed by atoms with Crippen LogP contribution < -0.4 is 10.6 Å². The minimum absolute atomic E-state index is 0.165. The van der Waals surface area contributed by atoms with Crippen molar-refractivity contribution >= 4 is 23.1 Å². The fourth-order valence-electron chi connectivity index (χ4n) is 2.30. The number of aryl methyl sites for hydroxylation is 2. The quantitative estimate of drug-likeness (QED) is 0.733. The Morgan fingerprint density at radius 2 is 1.67 bits per heavy atom. The zero-order valence-corrected chi connectivity index (χ0v) is 13.7. The summed E-state index contributed by atoms with van der Waals surface area (Å²) in [6, 6.07) is 19.2. The van der Waals surface area contributed by atoms with E-state index in [4.69, 9.17) is 0 Å². The molecule has 120 valence electrons.